The lowest BCUT2D eigenvalue weighted by molar-refractivity contribution is 0.0987. The van der Waals surface area contributed by atoms with E-state index in [0.717, 1.165) is 18.8 Å². The van der Waals surface area contributed by atoms with Crippen LogP contribution in [0.1, 0.15) is 36.7 Å². The number of anilines is 1. The molecule has 0 N–H and O–H groups in total. The van der Waals surface area contributed by atoms with Crippen molar-refractivity contribution < 1.29 is 9.21 Å². The molecule has 14 heavy (non-hydrogen) atoms. The first-order valence-corrected chi connectivity index (χ1v) is 5.12. The molecule has 0 radical (unpaired) electrons. The van der Waals surface area contributed by atoms with Gasteiger partial charge in [0.05, 0.1) is 5.69 Å². The van der Waals surface area contributed by atoms with Crippen molar-refractivity contribution in [3.05, 3.63) is 18.1 Å². The Hall–Kier alpha value is -1.25. The van der Waals surface area contributed by atoms with E-state index in [0.29, 0.717) is 5.76 Å². The largest absolute Gasteiger partial charge is 0.459 e. The molecule has 76 valence electrons. The highest BCUT2D eigenvalue weighted by atomic mass is 16.3. The van der Waals surface area contributed by atoms with Crippen LogP contribution in [0.2, 0.25) is 0 Å². The van der Waals surface area contributed by atoms with Gasteiger partial charge in [-0.05, 0) is 19.3 Å². The summed E-state index contributed by atoms with van der Waals surface area (Å²) in [5, 5.41) is 0. The number of piperidine rings is 1. The molecule has 3 heteroatoms. The molecule has 0 aliphatic carbocycles. The van der Waals surface area contributed by atoms with E-state index in [-0.39, 0.29) is 5.78 Å². The van der Waals surface area contributed by atoms with Crippen molar-refractivity contribution in [1.82, 2.24) is 0 Å². The molecule has 1 saturated heterocycles. The van der Waals surface area contributed by atoms with E-state index >= 15 is 0 Å². The molecule has 0 unspecified atom stereocenters. The van der Waals surface area contributed by atoms with Crippen molar-refractivity contribution in [2.75, 3.05) is 18.0 Å². The monoisotopic (exact) mass is 193 g/mol. The van der Waals surface area contributed by atoms with Gasteiger partial charge >= 0.3 is 0 Å². The molecule has 0 saturated carbocycles. The molecule has 1 aromatic heterocycles. The molecule has 1 aliphatic heterocycles. The van der Waals surface area contributed by atoms with Gasteiger partial charge in [0.25, 0.3) is 0 Å². The number of carbonyl (C=O) groups is 1. The van der Waals surface area contributed by atoms with Crippen molar-refractivity contribution in [3.63, 3.8) is 0 Å². The maximum atomic E-state index is 11.0. The van der Waals surface area contributed by atoms with Crippen LogP contribution in [-0.2, 0) is 0 Å². The number of ketones is 1. The van der Waals surface area contributed by atoms with E-state index in [1.807, 2.05) is 6.07 Å². The van der Waals surface area contributed by atoms with Gasteiger partial charge in [-0.15, -0.1) is 0 Å². The molecule has 1 aromatic rings. The smallest absolute Gasteiger partial charge is 0.194 e. The average Bonchev–Trinajstić information content (AvgIpc) is 2.68. The summed E-state index contributed by atoms with van der Waals surface area (Å²) in [7, 11) is 0. The molecule has 2 rings (SSSR count). The summed E-state index contributed by atoms with van der Waals surface area (Å²) >= 11 is 0. The highest BCUT2D eigenvalue weighted by molar-refractivity contribution is 5.92. The normalized spacial score (nSPS) is 17.1. The van der Waals surface area contributed by atoms with Crippen LogP contribution >= 0.6 is 0 Å². The SMILES string of the molecule is CC(=O)c1cc(N2CCCCC2)co1. The third-order valence-electron chi connectivity index (χ3n) is 2.65. The number of Topliss-reactive ketones (excluding diaryl/α,β-unsaturated/α-hetero) is 1. The predicted octanol–water partition coefficient (Wildman–Crippen LogP) is 2.47. The lowest BCUT2D eigenvalue weighted by Crippen LogP contribution is -2.28. The zero-order valence-electron chi connectivity index (χ0n) is 8.45. The third kappa shape index (κ3) is 1.81. The van der Waals surface area contributed by atoms with Gasteiger partial charge < -0.3 is 9.32 Å². The van der Waals surface area contributed by atoms with Crippen LogP contribution in [0.15, 0.2) is 16.7 Å². The fourth-order valence-electron chi connectivity index (χ4n) is 1.83. The maximum absolute atomic E-state index is 11.0. The Morgan fingerprint density at radius 3 is 2.64 bits per heavy atom. The molecule has 1 aliphatic rings. The summed E-state index contributed by atoms with van der Waals surface area (Å²) in [4.78, 5) is 13.3. The Balaban J connectivity index is 2.11. The third-order valence-corrected chi connectivity index (χ3v) is 2.65. The summed E-state index contributed by atoms with van der Waals surface area (Å²) in [5.41, 5.74) is 1.05. The summed E-state index contributed by atoms with van der Waals surface area (Å²) in [6, 6.07) is 1.84. The van der Waals surface area contributed by atoms with Crippen molar-refractivity contribution in [1.29, 1.82) is 0 Å². The fourth-order valence-corrected chi connectivity index (χ4v) is 1.83. The van der Waals surface area contributed by atoms with E-state index in [2.05, 4.69) is 4.90 Å². The van der Waals surface area contributed by atoms with Gasteiger partial charge in [-0.3, -0.25) is 4.79 Å². The summed E-state index contributed by atoms with van der Waals surface area (Å²) in [6.07, 6.45) is 5.47. The molecule has 0 bridgehead atoms. The van der Waals surface area contributed by atoms with Crippen molar-refractivity contribution >= 4 is 11.5 Å². The average molecular weight is 193 g/mol. The lowest BCUT2D eigenvalue weighted by Gasteiger charge is -2.26. The molecule has 0 atom stereocenters. The lowest BCUT2D eigenvalue weighted by atomic mass is 10.1. The zero-order valence-corrected chi connectivity index (χ0v) is 8.45. The van der Waals surface area contributed by atoms with Crippen LogP contribution in [0.3, 0.4) is 0 Å². The minimum absolute atomic E-state index is 0.00624. The van der Waals surface area contributed by atoms with Crippen LogP contribution < -0.4 is 4.90 Å². The Morgan fingerprint density at radius 2 is 2.07 bits per heavy atom. The number of hydrogen-bond acceptors (Lipinski definition) is 3. The van der Waals surface area contributed by atoms with Gasteiger partial charge in [0, 0.05) is 26.1 Å². The molecule has 0 amide bonds. The number of rotatable bonds is 2. The van der Waals surface area contributed by atoms with E-state index < -0.39 is 0 Å². The van der Waals surface area contributed by atoms with Gasteiger partial charge in [-0.2, -0.15) is 0 Å². The first-order chi connectivity index (χ1) is 6.77. The van der Waals surface area contributed by atoms with Gasteiger partial charge in [-0.25, -0.2) is 0 Å². The fraction of sp³-hybridized carbons (Fsp3) is 0.545. The summed E-state index contributed by atoms with van der Waals surface area (Å²) < 4.78 is 5.19. The van der Waals surface area contributed by atoms with Gasteiger partial charge in [-0.1, -0.05) is 0 Å². The van der Waals surface area contributed by atoms with E-state index in [1.165, 1.54) is 26.2 Å². The minimum atomic E-state index is -0.00624. The zero-order chi connectivity index (χ0) is 9.97. The molecule has 0 aromatic carbocycles. The van der Waals surface area contributed by atoms with Gasteiger partial charge in [0.15, 0.2) is 11.5 Å². The summed E-state index contributed by atoms with van der Waals surface area (Å²) in [5.74, 6) is 0.457. The van der Waals surface area contributed by atoms with Gasteiger partial charge in [0.2, 0.25) is 0 Å². The highest BCUT2D eigenvalue weighted by Crippen LogP contribution is 2.22. The molecule has 2 heterocycles. The molecule has 1 fully saturated rings. The standard InChI is InChI=1S/C11H15NO2/c1-9(13)11-7-10(8-14-11)12-5-3-2-4-6-12/h7-8H,2-6H2,1H3. The van der Waals surface area contributed by atoms with Crippen LogP contribution in [0.4, 0.5) is 5.69 Å². The Morgan fingerprint density at radius 1 is 1.36 bits per heavy atom. The van der Waals surface area contributed by atoms with E-state index in [4.69, 9.17) is 4.42 Å². The number of nitrogens with zero attached hydrogens (tertiary/aromatic N) is 1. The quantitative estimate of drug-likeness (QED) is 0.676. The van der Waals surface area contributed by atoms with Gasteiger partial charge in [0.1, 0.15) is 6.26 Å². The Labute approximate surface area is 83.7 Å². The van der Waals surface area contributed by atoms with Crippen LogP contribution in [0, 0.1) is 0 Å². The second kappa shape index (κ2) is 3.86. The molecular weight excluding hydrogens is 178 g/mol. The second-order valence-electron chi connectivity index (χ2n) is 3.77. The maximum Gasteiger partial charge on any atom is 0.194 e. The molecule has 0 spiro atoms. The second-order valence-corrected chi connectivity index (χ2v) is 3.77. The van der Waals surface area contributed by atoms with Crippen molar-refractivity contribution in [3.8, 4) is 0 Å². The Bertz CT molecular complexity index is 324. The van der Waals surface area contributed by atoms with Crippen LogP contribution in [0.25, 0.3) is 0 Å². The van der Waals surface area contributed by atoms with Crippen molar-refractivity contribution in [2.24, 2.45) is 0 Å². The van der Waals surface area contributed by atoms with E-state index in [9.17, 15) is 4.79 Å². The number of hydrogen-bond donors (Lipinski definition) is 0. The first kappa shape index (κ1) is 9.31. The Kier molecular flexibility index (Phi) is 2.57. The molecular formula is C11H15NO2. The topological polar surface area (TPSA) is 33.5 Å². The summed E-state index contributed by atoms with van der Waals surface area (Å²) in [6.45, 7) is 3.69. The predicted molar refractivity (Wildman–Crippen MR) is 54.8 cm³/mol. The number of carbonyl (C=O) groups excluding carboxylic acids is 1. The van der Waals surface area contributed by atoms with Crippen LogP contribution in [-0.4, -0.2) is 18.9 Å². The van der Waals surface area contributed by atoms with Crippen molar-refractivity contribution in [2.45, 2.75) is 26.2 Å². The van der Waals surface area contributed by atoms with Crippen LogP contribution in [0.5, 0.6) is 0 Å². The molecule has 3 nitrogen and oxygen atoms in total. The minimum Gasteiger partial charge on any atom is -0.459 e. The number of furan rings is 1. The first-order valence-electron chi connectivity index (χ1n) is 5.12. The van der Waals surface area contributed by atoms with E-state index in [1.54, 1.807) is 6.26 Å². The highest BCUT2D eigenvalue weighted by Gasteiger charge is 2.14.